The minimum absolute atomic E-state index is 0.247. The van der Waals surface area contributed by atoms with Gasteiger partial charge in [-0.2, -0.15) is 0 Å². The second-order valence-corrected chi connectivity index (χ2v) is 4.46. The fourth-order valence-electron chi connectivity index (χ4n) is 1.86. The first-order valence-corrected chi connectivity index (χ1v) is 6.24. The first-order valence-electron chi connectivity index (χ1n) is 6.24. The van der Waals surface area contributed by atoms with Crippen LogP contribution in [0.1, 0.15) is 11.1 Å². The lowest BCUT2D eigenvalue weighted by Gasteiger charge is -2.11. The van der Waals surface area contributed by atoms with Crippen LogP contribution in [0, 0.1) is 6.92 Å². The minimum Gasteiger partial charge on any atom is -0.469 e. The lowest BCUT2D eigenvalue weighted by atomic mass is 10.0. The number of aromatic nitrogens is 1. The number of esters is 1. The van der Waals surface area contributed by atoms with Crippen LogP contribution in [0.15, 0.2) is 36.5 Å². The number of hydrogen-bond donors (Lipinski definition) is 2. The van der Waals surface area contributed by atoms with Crippen LogP contribution in [0.2, 0.25) is 0 Å². The molecule has 2 rings (SSSR count). The molecule has 3 N–H and O–H groups in total. The molecular weight excluding hydrogens is 254 g/mol. The van der Waals surface area contributed by atoms with Crippen LogP contribution in [-0.2, 0) is 16.0 Å². The molecule has 104 valence electrons. The van der Waals surface area contributed by atoms with Gasteiger partial charge in [-0.25, -0.2) is 4.98 Å². The second kappa shape index (κ2) is 6.06. The van der Waals surface area contributed by atoms with Crippen LogP contribution >= 0.6 is 0 Å². The Balaban J connectivity index is 2.17. The molecule has 0 atom stereocenters. The Hall–Kier alpha value is -2.56. The number of pyridine rings is 1. The largest absolute Gasteiger partial charge is 0.469 e. The summed E-state index contributed by atoms with van der Waals surface area (Å²) >= 11 is 0. The van der Waals surface area contributed by atoms with E-state index in [9.17, 15) is 4.79 Å². The van der Waals surface area contributed by atoms with Gasteiger partial charge in [0.05, 0.1) is 19.2 Å². The molecule has 0 amide bonds. The fraction of sp³-hybridized carbons (Fsp3) is 0.200. The molecule has 0 unspecified atom stereocenters. The SMILES string of the molecule is COC(=O)Cc1ccc(Nc2ncccc2N)cc1C. The molecule has 2 aromatic rings. The van der Waals surface area contributed by atoms with Crippen molar-refractivity contribution in [1.29, 1.82) is 0 Å². The molecule has 0 saturated carbocycles. The first-order chi connectivity index (χ1) is 9.60. The summed E-state index contributed by atoms with van der Waals surface area (Å²) in [5.41, 5.74) is 9.25. The number of nitrogens with one attached hydrogen (secondary N) is 1. The molecular formula is C15H17N3O2. The Labute approximate surface area is 117 Å². The number of ether oxygens (including phenoxy) is 1. The van der Waals surface area contributed by atoms with E-state index in [2.05, 4.69) is 15.0 Å². The minimum atomic E-state index is -0.247. The van der Waals surface area contributed by atoms with Gasteiger partial charge >= 0.3 is 5.97 Å². The number of nitrogens with zero attached hydrogens (tertiary/aromatic N) is 1. The van der Waals surface area contributed by atoms with Crippen molar-refractivity contribution in [1.82, 2.24) is 4.98 Å². The predicted molar refractivity (Wildman–Crippen MR) is 78.8 cm³/mol. The van der Waals surface area contributed by atoms with Crippen molar-refractivity contribution in [3.63, 3.8) is 0 Å². The topological polar surface area (TPSA) is 77.2 Å². The van der Waals surface area contributed by atoms with Crippen molar-refractivity contribution in [2.75, 3.05) is 18.2 Å². The Morgan fingerprint density at radius 1 is 1.40 bits per heavy atom. The molecule has 1 heterocycles. The highest BCUT2D eigenvalue weighted by atomic mass is 16.5. The third-order valence-electron chi connectivity index (χ3n) is 3.01. The lowest BCUT2D eigenvalue weighted by Crippen LogP contribution is -2.06. The van der Waals surface area contributed by atoms with Gasteiger partial charge in [0.25, 0.3) is 0 Å². The Kier molecular flexibility index (Phi) is 4.20. The summed E-state index contributed by atoms with van der Waals surface area (Å²) in [6, 6.07) is 9.30. The Morgan fingerprint density at radius 2 is 2.20 bits per heavy atom. The standard InChI is InChI=1S/C15H17N3O2/c1-10-8-12(6-5-11(10)9-14(19)20-2)18-15-13(16)4-3-7-17-15/h3-8H,9,16H2,1-2H3,(H,17,18). The highest BCUT2D eigenvalue weighted by molar-refractivity contribution is 5.74. The highest BCUT2D eigenvalue weighted by Crippen LogP contribution is 2.22. The number of methoxy groups -OCH3 is 1. The van der Waals surface area contributed by atoms with Crippen molar-refractivity contribution >= 4 is 23.2 Å². The van der Waals surface area contributed by atoms with Crippen LogP contribution in [-0.4, -0.2) is 18.1 Å². The van der Waals surface area contributed by atoms with Crippen LogP contribution in [0.3, 0.4) is 0 Å². The smallest absolute Gasteiger partial charge is 0.309 e. The quantitative estimate of drug-likeness (QED) is 0.835. The van der Waals surface area contributed by atoms with E-state index in [1.54, 1.807) is 18.3 Å². The molecule has 1 aromatic heterocycles. The van der Waals surface area contributed by atoms with Gasteiger partial charge in [-0.1, -0.05) is 6.07 Å². The van der Waals surface area contributed by atoms with Gasteiger partial charge in [-0.05, 0) is 42.3 Å². The molecule has 5 nitrogen and oxygen atoms in total. The molecule has 0 saturated heterocycles. The number of benzene rings is 1. The summed E-state index contributed by atoms with van der Waals surface area (Å²) in [5, 5.41) is 3.16. The van der Waals surface area contributed by atoms with Gasteiger partial charge in [0.2, 0.25) is 0 Å². The van der Waals surface area contributed by atoms with Crippen molar-refractivity contribution in [3.8, 4) is 0 Å². The zero-order valence-electron chi connectivity index (χ0n) is 11.5. The summed E-state index contributed by atoms with van der Waals surface area (Å²) in [6.45, 7) is 1.95. The van der Waals surface area contributed by atoms with Crippen molar-refractivity contribution < 1.29 is 9.53 Å². The van der Waals surface area contributed by atoms with E-state index in [4.69, 9.17) is 5.73 Å². The molecule has 5 heteroatoms. The molecule has 0 aliphatic carbocycles. The average Bonchev–Trinajstić information content (AvgIpc) is 2.44. The van der Waals surface area contributed by atoms with Crippen molar-refractivity contribution in [2.24, 2.45) is 0 Å². The normalized spacial score (nSPS) is 10.1. The molecule has 0 bridgehead atoms. The number of nitrogens with two attached hydrogens (primary N) is 1. The molecule has 0 fully saturated rings. The van der Waals surface area contributed by atoms with E-state index < -0.39 is 0 Å². The number of carbonyl (C=O) groups excluding carboxylic acids is 1. The van der Waals surface area contributed by atoms with Gasteiger partial charge in [-0.15, -0.1) is 0 Å². The number of hydrogen-bond acceptors (Lipinski definition) is 5. The van der Waals surface area contributed by atoms with Crippen LogP contribution in [0.4, 0.5) is 17.2 Å². The van der Waals surface area contributed by atoms with Crippen molar-refractivity contribution in [2.45, 2.75) is 13.3 Å². The maximum atomic E-state index is 11.3. The summed E-state index contributed by atoms with van der Waals surface area (Å²) < 4.78 is 4.67. The Morgan fingerprint density at radius 3 is 2.85 bits per heavy atom. The number of aryl methyl sites for hydroxylation is 1. The van der Waals surface area contributed by atoms with Gasteiger partial charge in [0.1, 0.15) is 0 Å². The monoisotopic (exact) mass is 271 g/mol. The number of anilines is 3. The number of rotatable bonds is 4. The van der Waals surface area contributed by atoms with Crippen LogP contribution in [0.25, 0.3) is 0 Å². The summed E-state index contributed by atoms with van der Waals surface area (Å²) in [5.74, 6) is 0.371. The van der Waals surface area contributed by atoms with E-state index in [1.165, 1.54) is 7.11 Å². The van der Waals surface area contributed by atoms with Gasteiger partial charge in [0, 0.05) is 11.9 Å². The maximum Gasteiger partial charge on any atom is 0.309 e. The van der Waals surface area contributed by atoms with Crippen molar-refractivity contribution in [3.05, 3.63) is 47.7 Å². The summed E-state index contributed by atoms with van der Waals surface area (Å²) in [4.78, 5) is 15.5. The Bertz CT molecular complexity index is 626. The first kappa shape index (κ1) is 13.9. The van der Waals surface area contributed by atoms with Gasteiger partial charge < -0.3 is 15.8 Å². The van der Waals surface area contributed by atoms with E-state index in [-0.39, 0.29) is 12.4 Å². The highest BCUT2D eigenvalue weighted by Gasteiger charge is 2.07. The predicted octanol–water partition coefficient (Wildman–Crippen LogP) is 2.43. The van der Waals surface area contributed by atoms with Gasteiger partial charge in [0.15, 0.2) is 5.82 Å². The zero-order valence-corrected chi connectivity index (χ0v) is 11.5. The van der Waals surface area contributed by atoms with E-state index in [0.717, 1.165) is 16.8 Å². The maximum absolute atomic E-state index is 11.3. The molecule has 0 radical (unpaired) electrons. The number of nitrogen functional groups attached to an aromatic ring is 1. The second-order valence-electron chi connectivity index (χ2n) is 4.46. The average molecular weight is 271 g/mol. The molecule has 20 heavy (non-hydrogen) atoms. The van der Waals surface area contributed by atoms with Crippen LogP contribution in [0.5, 0.6) is 0 Å². The summed E-state index contributed by atoms with van der Waals surface area (Å²) in [6.07, 6.45) is 1.95. The molecule has 1 aromatic carbocycles. The summed E-state index contributed by atoms with van der Waals surface area (Å²) in [7, 11) is 1.39. The number of carbonyl (C=O) groups is 1. The van der Waals surface area contributed by atoms with E-state index in [1.807, 2.05) is 25.1 Å². The lowest BCUT2D eigenvalue weighted by molar-refractivity contribution is -0.139. The fourth-order valence-corrected chi connectivity index (χ4v) is 1.86. The third kappa shape index (κ3) is 3.26. The van der Waals surface area contributed by atoms with Gasteiger partial charge in [-0.3, -0.25) is 4.79 Å². The molecule has 0 aliphatic rings. The van der Waals surface area contributed by atoms with E-state index in [0.29, 0.717) is 11.5 Å². The molecule has 0 aliphatic heterocycles. The van der Waals surface area contributed by atoms with Crippen LogP contribution < -0.4 is 11.1 Å². The van der Waals surface area contributed by atoms with E-state index >= 15 is 0 Å². The molecule has 0 spiro atoms. The zero-order chi connectivity index (χ0) is 14.5. The third-order valence-corrected chi connectivity index (χ3v) is 3.01.